The first kappa shape index (κ1) is 21.3. The zero-order valence-electron chi connectivity index (χ0n) is 17.6. The number of nitrogens with zero attached hydrogens (tertiary/aromatic N) is 2. The average molecular weight is 423 g/mol. The molecular weight excluding hydrogens is 392 g/mol. The van der Waals surface area contributed by atoms with E-state index in [2.05, 4.69) is 39.9 Å². The van der Waals surface area contributed by atoms with Crippen LogP contribution in [-0.2, 0) is 6.54 Å². The molecule has 31 heavy (non-hydrogen) atoms. The van der Waals surface area contributed by atoms with Crippen LogP contribution in [0.15, 0.2) is 59.4 Å². The third kappa shape index (κ3) is 4.86. The molecule has 6 N–H and O–H groups in total. The summed E-state index contributed by atoms with van der Waals surface area (Å²) in [6, 6.07) is 14.4. The summed E-state index contributed by atoms with van der Waals surface area (Å²) in [6.45, 7) is 1.15. The van der Waals surface area contributed by atoms with Gasteiger partial charge >= 0.3 is 5.70 Å². The maximum Gasteiger partial charge on any atom is 0.301 e. The fourth-order valence-corrected chi connectivity index (χ4v) is 4.67. The zero-order valence-corrected chi connectivity index (χ0v) is 17.6. The largest absolute Gasteiger partial charge is 0.330 e. The quantitative estimate of drug-likeness (QED) is 0.418. The second kappa shape index (κ2) is 9.03. The van der Waals surface area contributed by atoms with Crippen molar-refractivity contribution in [2.45, 2.75) is 44.3 Å². The smallest absolute Gasteiger partial charge is 0.301 e. The number of benzene rings is 2. The van der Waals surface area contributed by atoms with Crippen LogP contribution in [0.5, 0.6) is 0 Å². The van der Waals surface area contributed by atoms with Crippen LogP contribution in [0.1, 0.15) is 37.7 Å². The summed E-state index contributed by atoms with van der Waals surface area (Å²) in [6.07, 6.45) is 5.95. The van der Waals surface area contributed by atoms with Gasteiger partial charge in [-0.25, -0.2) is 4.99 Å². The van der Waals surface area contributed by atoms with Crippen LogP contribution in [0, 0.1) is 22.0 Å². The van der Waals surface area contributed by atoms with Crippen molar-refractivity contribution in [2.75, 3.05) is 6.54 Å². The van der Waals surface area contributed by atoms with Gasteiger partial charge in [-0.15, -0.1) is 0 Å². The van der Waals surface area contributed by atoms with Crippen molar-refractivity contribution in [3.05, 3.63) is 70.0 Å². The van der Waals surface area contributed by atoms with Gasteiger partial charge < -0.3 is 16.4 Å². The first-order valence-electron chi connectivity index (χ1n) is 10.9. The van der Waals surface area contributed by atoms with Crippen LogP contribution in [0.3, 0.4) is 0 Å². The molecule has 1 saturated carbocycles. The van der Waals surface area contributed by atoms with Crippen LogP contribution in [0.25, 0.3) is 10.8 Å². The number of nitrogens with two attached hydrogens (primary N) is 2. The van der Waals surface area contributed by atoms with E-state index in [4.69, 9.17) is 11.5 Å². The molecule has 1 heterocycles. The Hall–Kier alpha value is -2.97. The number of guanidine groups is 1. The van der Waals surface area contributed by atoms with E-state index in [0.717, 1.165) is 36.6 Å². The third-order valence-electron chi connectivity index (χ3n) is 6.48. The molecule has 2 aromatic carbocycles. The predicted molar refractivity (Wildman–Crippen MR) is 122 cm³/mol. The van der Waals surface area contributed by atoms with E-state index in [1.54, 1.807) is 0 Å². The Balaban J connectivity index is 1.48. The highest BCUT2D eigenvalue weighted by molar-refractivity contribution is 5.84. The van der Waals surface area contributed by atoms with Gasteiger partial charge in [0.15, 0.2) is 11.6 Å². The summed E-state index contributed by atoms with van der Waals surface area (Å²) >= 11 is 0. The standard InChI is InChI=1S/C23H30N6O2/c24-13-17-7-5-16(6-8-17)12-23(25)21(29(30)31)15-27-22(28-23)26-14-18-9-10-19-3-1-2-4-20(19)11-18/h1-4,9-11,15-17H,5-8,12-14,24-25H2,(H2,26,27,28). The first-order valence-corrected chi connectivity index (χ1v) is 10.9. The van der Waals surface area contributed by atoms with Crippen molar-refractivity contribution in [1.29, 1.82) is 0 Å². The molecule has 1 atom stereocenters. The Kier molecular flexibility index (Phi) is 6.20. The zero-order chi connectivity index (χ0) is 21.8. The lowest BCUT2D eigenvalue weighted by molar-refractivity contribution is -0.437. The average Bonchev–Trinajstić information content (AvgIpc) is 2.77. The van der Waals surface area contributed by atoms with Crippen molar-refractivity contribution < 1.29 is 4.92 Å². The van der Waals surface area contributed by atoms with Crippen LogP contribution in [-0.4, -0.2) is 23.1 Å². The number of fused-ring (bicyclic) bond motifs is 1. The maximum atomic E-state index is 11.6. The van der Waals surface area contributed by atoms with Crippen LogP contribution in [0.2, 0.25) is 0 Å². The highest BCUT2D eigenvalue weighted by Crippen LogP contribution is 2.34. The summed E-state index contributed by atoms with van der Waals surface area (Å²) < 4.78 is 0. The Morgan fingerprint density at radius 2 is 1.81 bits per heavy atom. The van der Waals surface area contributed by atoms with E-state index >= 15 is 0 Å². The molecule has 0 saturated heterocycles. The molecule has 1 aliphatic carbocycles. The molecule has 0 spiro atoms. The number of hydrogen-bond acceptors (Lipinski definition) is 5. The second-order valence-electron chi connectivity index (χ2n) is 8.70. The lowest BCUT2D eigenvalue weighted by Gasteiger charge is -2.37. The van der Waals surface area contributed by atoms with Gasteiger partial charge in [0, 0.05) is 0 Å². The van der Waals surface area contributed by atoms with E-state index in [0.29, 0.717) is 37.3 Å². The molecule has 1 unspecified atom stereocenters. The van der Waals surface area contributed by atoms with Crippen molar-refractivity contribution in [3.63, 3.8) is 0 Å². The molecule has 0 bridgehead atoms. The molecule has 4 rings (SSSR count). The molecule has 8 heteroatoms. The number of hydrogen-bond donors (Lipinski definition) is 4. The number of nitro groups is 1. The van der Waals surface area contributed by atoms with Gasteiger partial charge in [-0.2, -0.15) is 0 Å². The van der Waals surface area contributed by atoms with Gasteiger partial charge in [-0.3, -0.25) is 15.8 Å². The topological polar surface area (TPSA) is 132 Å². The van der Waals surface area contributed by atoms with E-state index in [1.165, 1.54) is 11.6 Å². The summed E-state index contributed by atoms with van der Waals surface area (Å²) in [5.41, 5.74) is 12.1. The molecule has 164 valence electrons. The minimum Gasteiger partial charge on any atom is -0.330 e. The Labute approximate surface area is 181 Å². The minimum atomic E-state index is -1.25. The van der Waals surface area contributed by atoms with E-state index in [-0.39, 0.29) is 5.70 Å². The third-order valence-corrected chi connectivity index (χ3v) is 6.48. The Morgan fingerprint density at radius 1 is 1.10 bits per heavy atom. The van der Waals surface area contributed by atoms with Crippen LogP contribution < -0.4 is 22.1 Å². The Bertz CT molecular complexity index is 1010. The molecule has 8 nitrogen and oxygen atoms in total. The van der Waals surface area contributed by atoms with E-state index in [9.17, 15) is 10.1 Å². The van der Waals surface area contributed by atoms with Crippen LogP contribution in [0.4, 0.5) is 0 Å². The molecule has 2 aromatic rings. The van der Waals surface area contributed by atoms with Crippen LogP contribution >= 0.6 is 0 Å². The number of nitrogens with one attached hydrogen (secondary N) is 2. The minimum absolute atomic E-state index is 0.0573. The van der Waals surface area contributed by atoms with Crippen molar-refractivity contribution in [2.24, 2.45) is 28.3 Å². The normalized spacial score (nSPS) is 27.4. The molecule has 0 amide bonds. The molecule has 2 aliphatic rings. The van der Waals surface area contributed by atoms with Gasteiger partial charge in [0.2, 0.25) is 0 Å². The van der Waals surface area contributed by atoms with E-state index < -0.39 is 10.6 Å². The lowest BCUT2D eigenvalue weighted by atomic mass is 9.77. The predicted octanol–water partition coefficient (Wildman–Crippen LogP) is 2.82. The van der Waals surface area contributed by atoms with E-state index in [1.807, 2.05) is 18.2 Å². The van der Waals surface area contributed by atoms with Crippen molar-refractivity contribution in [1.82, 2.24) is 10.6 Å². The molecule has 1 fully saturated rings. The number of aliphatic imine (C=N–C) groups is 1. The lowest BCUT2D eigenvalue weighted by Crippen LogP contribution is -2.64. The van der Waals surface area contributed by atoms with Gasteiger partial charge in [0.1, 0.15) is 0 Å². The van der Waals surface area contributed by atoms with Gasteiger partial charge in [-0.05, 0) is 72.9 Å². The fourth-order valence-electron chi connectivity index (χ4n) is 4.67. The number of rotatable bonds is 6. The molecule has 0 radical (unpaired) electrons. The van der Waals surface area contributed by atoms with Gasteiger partial charge in [-0.1, -0.05) is 36.4 Å². The fraction of sp³-hybridized carbons (Fsp3) is 0.435. The van der Waals surface area contributed by atoms with Crippen molar-refractivity contribution >= 4 is 16.7 Å². The van der Waals surface area contributed by atoms with Gasteiger partial charge in [0.25, 0.3) is 0 Å². The highest BCUT2D eigenvalue weighted by atomic mass is 16.6. The molecular formula is C23H30N6O2. The summed E-state index contributed by atoms with van der Waals surface area (Å²) in [5, 5.41) is 20.0. The maximum absolute atomic E-state index is 11.6. The van der Waals surface area contributed by atoms with Gasteiger partial charge in [0.05, 0.1) is 17.7 Å². The first-order chi connectivity index (χ1) is 15.0. The monoisotopic (exact) mass is 422 g/mol. The summed E-state index contributed by atoms with van der Waals surface area (Å²) in [5.74, 6) is 1.33. The molecule has 1 aliphatic heterocycles. The Morgan fingerprint density at radius 3 is 2.52 bits per heavy atom. The summed E-state index contributed by atoms with van der Waals surface area (Å²) in [4.78, 5) is 15.8. The SMILES string of the molecule is NCC1CCC(CC2(N)NC(=NCc3ccc4ccccc4c3)NC=C2[N+](=O)[O-])CC1. The van der Waals surface area contributed by atoms with Crippen molar-refractivity contribution in [3.8, 4) is 0 Å². The second-order valence-corrected chi connectivity index (χ2v) is 8.70. The summed E-state index contributed by atoms with van der Waals surface area (Å²) in [7, 11) is 0. The molecule has 0 aromatic heterocycles. The highest BCUT2D eigenvalue weighted by Gasteiger charge is 2.44.